The largest absolute Gasteiger partial charge is 0.389 e. The van der Waals surface area contributed by atoms with Gasteiger partial charge in [0, 0.05) is 0 Å². The minimum atomic E-state index is -0.230. The molecule has 1 N–H and O–H groups in total. The van der Waals surface area contributed by atoms with Gasteiger partial charge in [-0.05, 0) is 56.3 Å². The van der Waals surface area contributed by atoms with Gasteiger partial charge in [-0.3, -0.25) is 0 Å². The average Bonchev–Trinajstić information content (AvgIpc) is 2.35. The molecule has 112 valence electrons. The zero-order valence-electron chi connectivity index (χ0n) is 13.7. The van der Waals surface area contributed by atoms with Gasteiger partial charge in [-0.15, -0.1) is 0 Å². The molecule has 0 bridgehead atoms. The van der Waals surface area contributed by atoms with Crippen molar-refractivity contribution >= 4 is 0 Å². The van der Waals surface area contributed by atoms with Crippen molar-refractivity contribution in [2.24, 2.45) is 23.7 Å². The van der Waals surface area contributed by atoms with Crippen LogP contribution in [0.1, 0.15) is 73.1 Å². The number of hydrogen-bond donors (Lipinski definition) is 1. The molecule has 0 saturated heterocycles. The zero-order chi connectivity index (χ0) is 14.4. The van der Waals surface area contributed by atoms with E-state index in [1.165, 1.54) is 37.7 Å². The highest BCUT2D eigenvalue weighted by atomic mass is 16.3. The van der Waals surface area contributed by atoms with Crippen molar-refractivity contribution in [3.63, 3.8) is 0 Å². The molecule has 0 spiro atoms. The van der Waals surface area contributed by atoms with E-state index in [-0.39, 0.29) is 6.10 Å². The van der Waals surface area contributed by atoms with Crippen molar-refractivity contribution in [1.82, 2.24) is 0 Å². The van der Waals surface area contributed by atoms with Gasteiger partial charge in [0.15, 0.2) is 0 Å². The first-order valence-corrected chi connectivity index (χ1v) is 8.31. The molecule has 1 rings (SSSR count). The first kappa shape index (κ1) is 16.8. The third kappa shape index (κ3) is 5.30. The lowest BCUT2D eigenvalue weighted by Gasteiger charge is -2.39. The first-order valence-electron chi connectivity index (χ1n) is 8.31. The Balaban J connectivity index is 2.67. The molecule has 1 heteroatoms. The second kappa shape index (κ2) is 8.09. The molecular weight excluding hydrogens is 232 g/mol. The van der Waals surface area contributed by atoms with Crippen LogP contribution in [0.2, 0.25) is 0 Å². The smallest absolute Gasteiger partial charge is 0.0754 e. The maximum Gasteiger partial charge on any atom is 0.0754 e. The van der Waals surface area contributed by atoms with Crippen molar-refractivity contribution in [3.05, 3.63) is 11.6 Å². The van der Waals surface area contributed by atoms with Gasteiger partial charge in [0.25, 0.3) is 0 Å². The Morgan fingerprint density at radius 1 is 1.26 bits per heavy atom. The molecule has 0 aliphatic heterocycles. The van der Waals surface area contributed by atoms with Crippen LogP contribution in [0.15, 0.2) is 11.6 Å². The summed E-state index contributed by atoms with van der Waals surface area (Å²) in [6.45, 7) is 11.4. The Labute approximate surface area is 120 Å². The van der Waals surface area contributed by atoms with E-state index in [4.69, 9.17) is 0 Å². The summed E-state index contributed by atoms with van der Waals surface area (Å²) in [6, 6.07) is 0. The molecule has 0 aromatic rings. The van der Waals surface area contributed by atoms with E-state index in [1.807, 2.05) is 0 Å². The maximum absolute atomic E-state index is 10.6. The highest BCUT2D eigenvalue weighted by Gasteiger charge is 2.34. The Kier molecular flexibility index (Phi) is 7.13. The van der Waals surface area contributed by atoms with Crippen LogP contribution < -0.4 is 0 Å². The number of hydrogen-bond acceptors (Lipinski definition) is 1. The topological polar surface area (TPSA) is 20.2 Å². The van der Waals surface area contributed by atoms with Crippen LogP contribution in [0.5, 0.6) is 0 Å². The summed E-state index contributed by atoms with van der Waals surface area (Å²) in [5, 5.41) is 10.6. The minimum absolute atomic E-state index is 0.230. The normalized spacial score (nSPS) is 30.7. The van der Waals surface area contributed by atoms with Gasteiger partial charge < -0.3 is 5.11 Å². The standard InChI is InChI=1S/C18H34O/c1-6-7-8-14(4)12-18(19)17-11-15(5)9-10-16(17)13(2)3/h12-13,15-19H,6-11H2,1-5H3/b14-12+/t15?,16?,17?,18-/m1/s1. The highest BCUT2D eigenvalue weighted by Crippen LogP contribution is 2.40. The number of allylic oxidation sites excluding steroid dienone is 1. The summed E-state index contributed by atoms with van der Waals surface area (Å²) in [4.78, 5) is 0. The van der Waals surface area contributed by atoms with Crippen LogP contribution in [0, 0.1) is 23.7 Å². The van der Waals surface area contributed by atoms with Crippen LogP contribution in [0.4, 0.5) is 0 Å². The van der Waals surface area contributed by atoms with Crippen LogP contribution in [-0.4, -0.2) is 11.2 Å². The Hall–Kier alpha value is -0.300. The Morgan fingerprint density at radius 2 is 1.95 bits per heavy atom. The van der Waals surface area contributed by atoms with E-state index < -0.39 is 0 Å². The molecule has 3 unspecified atom stereocenters. The molecule has 0 heterocycles. The van der Waals surface area contributed by atoms with Crippen molar-refractivity contribution in [2.45, 2.75) is 79.2 Å². The fourth-order valence-electron chi connectivity index (χ4n) is 3.62. The predicted octanol–water partition coefficient (Wildman–Crippen LogP) is 5.19. The van der Waals surface area contributed by atoms with E-state index in [1.54, 1.807) is 0 Å². The van der Waals surface area contributed by atoms with Gasteiger partial charge in [-0.2, -0.15) is 0 Å². The first-order chi connectivity index (χ1) is 8.95. The van der Waals surface area contributed by atoms with Gasteiger partial charge in [-0.1, -0.05) is 52.2 Å². The molecule has 0 aromatic heterocycles. The van der Waals surface area contributed by atoms with Gasteiger partial charge in [0.2, 0.25) is 0 Å². The van der Waals surface area contributed by atoms with E-state index >= 15 is 0 Å². The molecular formula is C18H34O. The van der Waals surface area contributed by atoms with Gasteiger partial charge in [-0.25, -0.2) is 0 Å². The average molecular weight is 266 g/mol. The summed E-state index contributed by atoms with van der Waals surface area (Å²) in [6.07, 6.45) is 9.36. The zero-order valence-corrected chi connectivity index (χ0v) is 13.7. The van der Waals surface area contributed by atoms with Gasteiger partial charge in [0.05, 0.1) is 6.10 Å². The van der Waals surface area contributed by atoms with Crippen molar-refractivity contribution in [1.29, 1.82) is 0 Å². The molecule has 0 radical (unpaired) electrons. The fourth-order valence-corrected chi connectivity index (χ4v) is 3.62. The van der Waals surface area contributed by atoms with Crippen LogP contribution in [0.25, 0.3) is 0 Å². The lowest BCUT2D eigenvalue weighted by molar-refractivity contribution is 0.0422. The Bertz CT molecular complexity index is 279. The number of unbranched alkanes of at least 4 members (excludes halogenated alkanes) is 1. The van der Waals surface area contributed by atoms with Crippen LogP contribution in [0.3, 0.4) is 0 Å². The summed E-state index contributed by atoms with van der Waals surface area (Å²) >= 11 is 0. The summed E-state index contributed by atoms with van der Waals surface area (Å²) in [5.41, 5.74) is 1.37. The van der Waals surface area contributed by atoms with Crippen LogP contribution in [-0.2, 0) is 0 Å². The van der Waals surface area contributed by atoms with Crippen molar-refractivity contribution < 1.29 is 5.11 Å². The number of aliphatic hydroxyl groups is 1. The lowest BCUT2D eigenvalue weighted by atomic mass is 9.68. The summed E-state index contributed by atoms with van der Waals surface area (Å²) in [7, 11) is 0. The second-order valence-corrected chi connectivity index (χ2v) is 7.10. The molecule has 19 heavy (non-hydrogen) atoms. The predicted molar refractivity (Wildman–Crippen MR) is 84.1 cm³/mol. The fraction of sp³-hybridized carbons (Fsp3) is 0.889. The minimum Gasteiger partial charge on any atom is -0.389 e. The summed E-state index contributed by atoms with van der Waals surface area (Å²) < 4.78 is 0. The van der Waals surface area contributed by atoms with Crippen LogP contribution >= 0.6 is 0 Å². The van der Waals surface area contributed by atoms with E-state index in [0.29, 0.717) is 17.8 Å². The van der Waals surface area contributed by atoms with Gasteiger partial charge in [0.1, 0.15) is 0 Å². The second-order valence-electron chi connectivity index (χ2n) is 7.10. The third-order valence-corrected chi connectivity index (χ3v) is 4.89. The van der Waals surface area contributed by atoms with Gasteiger partial charge >= 0.3 is 0 Å². The molecule has 4 atom stereocenters. The summed E-state index contributed by atoms with van der Waals surface area (Å²) in [5.74, 6) is 2.64. The number of rotatable bonds is 6. The molecule has 1 saturated carbocycles. The number of aliphatic hydroxyl groups excluding tert-OH is 1. The molecule has 1 fully saturated rings. The molecule has 1 nitrogen and oxygen atoms in total. The molecule has 0 aromatic carbocycles. The molecule has 1 aliphatic rings. The Morgan fingerprint density at radius 3 is 2.53 bits per heavy atom. The van der Waals surface area contributed by atoms with E-state index in [0.717, 1.165) is 12.3 Å². The van der Waals surface area contributed by atoms with Crippen molar-refractivity contribution in [3.8, 4) is 0 Å². The monoisotopic (exact) mass is 266 g/mol. The van der Waals surface area contributed by atoms with E-state index in [9.17, 15) is 5.11 Å². The lowest BCUT2D eigenvalue weighted by Crippen LogP contribution is -2.35. The quantitative estimate of drug-likeness (QED) is 0.656. The van der Waals surface area contributed by atoms with E-state index in [2.05, 4.69) is 40.7 Å². The maximum atomic E-state index is 10.6. The molecule has 1 aliphatic carbocycles. The SMILES string of the molecule is CCCC/C(C)=C/[C@@H](O)C1CC(C)CCC1C(C)C. The third-order valence-electron chi connectivity index (χ3n) is 4.89. The molecule has 0 amide bonds. The highest BCUT2D eigenvalue weighted by molar-refractivity contribution is 5.04. The van der Waals surface area contributed by atoms with Crippen molar-refractivity contribution in [2.75, 3.05) is 0 Å².